The largest absolute Gasteiger partial charge is 0.372 e. The number of rotatable bonds is 5. The third kappa shape index (κ3) is 6.87. The minimum atomic E-state index is 0. The average molecular weight is 444 g/mol. The van der Waals surface area contributed by atoms with Crippen LogP contribution in [0.5, 0.6) is 0 Å². The summed E-state index contributed by atoms with van der Waals surface area (Å²) in [6.45, 7) is 12.6. The number of piperidine rings is 1. The second-order valence-electron chi connectivity index (χ2n) is 6.83. The fraction of sp³-hybridized carbons (Fsp3) is 0.632. The van der Waals surface area contributed by atoms with Crippen LogP contribution in [0.25, 0.3) is 0 Å². The lowest BCUT2D eigenvalue weighted by atomic mass is 9.99. The fourth-order valence-corrected chi connectivity index (χ4v) is 2.84. The molecule has 0 unspecified atom stereocenters. The minimum absolute atomic E-state index is 0. The minimum Gasteiger partial charge on any atom is -0.372 e. The molecule has 1 aliphatic heterocycles. The highest BCUT2D eigenvalue weighted by atomic mass is 127. The zero-order chi connectivity index (χ0) is 16.7. The van der Waals surface area contributed by atoms with Crippen molar-refractivity contribution in [2.45, 2.75) is 53.1 Å². The Morgan fingerprint density at radius 3 is 2.38 bits per heavy atom. The van der Waals surface area contributed by atoms with E-state index in [0.717, 1.165) is 18.4 Å². The van der Waals surface area contributed by atoms with Gasteiger partial charge in [0.15, 0.2) is 5.96 Å². The maximum absolute atomic E-state index is 4.66. The molecule has 0 radical (unpaired) electrons. The zero-order valence-electron chi connectivity index (χ0n) is 15.5. The molecular weight excluding hydrogens is 411 g/mol. The van der Waals surface area contributed by atoms with Crippen LogP contribution >= 0.6 is 24.0 Å². The van der Waals surface area contributed by atoms with E-state index >= 15 is 0 Å². The van der Waals surface area contributed by atoms with E-state index in [4.69, 9.17) is 0 Å². The maximum Gasteiger partial charge on any atom is 0.191 e. The van der Waals surface area contributed by atoms with Gasteiger partial charge in [0.2, 0.25) is 0 Å². The van der Waals surface area contributed by atoms with E-state index in [2.05, 4.69) is 72.5 Å². The lowest BCUT2D eigenvalue weighted by Gasteiger charge is -2.32. The number of nitrogens with zero attached hydrogens (tertiary/aromatic N) is 2. The molecule has 1 saturated heterocycles. The molecule has 1 aromatic carbocycles. The summed E-state index contributed by atoms with van der Waals surface area (Å²) in [5, 5.41) is 6.63. The monoisotopic (exact) mass is 444 g/mol. The normalized spacial score (nSPS) is 16.0. The van der Waals surface area contributed by atoms with Gasteiger partial charge in [0, 0.05) is 31.4 Å². The van der Waals surface area contributed by atoms with Gasteiger partial charge in [-0.1, -0.05) is 19.1 Å². The van der Waals surface area contributed by atoms with Gasteiger partial charge in [-0.3, -0.25) is 0 Å². The summed E-state index contributed by atoms with van der Waals surface area (Å²) < 4.78 is 0. The van der Waals surface area contributed by atoms with Crippen molar-refractivity contribution in [2.75, 3.05) is 24.5 Å². The lowest BCUT2D eigenvalue weighted by molar-refractivity contribution is 0.438. The number of guanidine groups is 1. The molecule has 24 heavy (non-hydrogen) atoms. The number of hydrogen-bond donors (Lipinski definition) is 2. The molecule has 2 rings (SSSR count). The Balaban J connectivity index is 0.00000288. The topological polar surface area (TPSA) is 39.7 Å². The highest BCUT2D eigenvalue weighted by molar-refractivity contribution is 14.0. The molecule has 1 aromatic rings. The Kier molecular flexibility index (Phi) is 9.48. The van der Waals surface area contributed by atoms with Gasteiger partial charge in [0.25, 0.3) is 0 Å². The van der Waals surface area contributed by atoms with Gasteiger partial charge >= 0.3 is 0 Å². The van der Waals surface area contributed by atoms with E-state index in [1.807, 2.05) is 0 Å². The summed E-state index contributed by atoms with van der Waals surface area (Å²) >= 11 is 0. The van der Waals surface area contributed by atoms with Crippen molar-refractivity contribution in [1.29, 1.82) is 0 Å². The van der Waals surface area contributed by atoms with Crippen LogP contribution in [0.2, 0.25) is 0 Å². The number of nitrogens with one attached hydrogen (secondary N) is 2. The average Bonchev–Trinajstić information content (AvgIpc) is 2.54. The number of halogens is 1. The molecule has 0 bridgehead atoms. The Morgan fingerprint density at radius 2 is 1.83 bits per heavy atom. The lowest BCUT2D eigenvalue weighted by Crippen LogP contribution is -2.41. The number of benzene rings is 1. The predicted molar refractivity (Wildman–Crippen MR) is 116 cm³/mol. The van der Waals surface area contributed by atoms with Crippen molar-refractivity contribution in [3.05, 3.63) is 29.8 Å². The first kappa shape index (κ1) is 21.1. The molecule has 5 heteroatoms. The first-order valence-electron chi connectivity index (χ1n) is 8.97. The fourth-order valence-electron chi connectivity index (χ4n) is 2.84. The standard InChI is InChI=1S/C19H32N4.HI/c1-5-20-19(22-15(2)3)21-14-17-6-8-18(9-7-17)23-12-10-16(4)11-13-23;/h6-9,15-16H,5,10-14H2,1-4H3,(H2,20,21,22);1H. The Morgan fingerprint density at radius 1 is 1.21 bits per heavy atom. The van der Waals surface area contributed by atoms with E-state index in [1.54, 1.807) is 0 Å². The molecule has 0 aromatic heterocycles. The third-order valence-corrected chi connectivity index (χ3v) is 4.27. The van der Waals surface area contributed by atoms with E-state index in [0.29, 0.717) is 12.6 Å². The van der Waals surface area contributed by atoms with Gasteiger partial charge in [-0.2, -0.15) is 0 Å². The highest BCUT2D eigenvalue weighted by Gasteiger charge is 2.15. The Bertz CT molecular complexity index is 491. The van der Waals surface area contributed by atoms with E-state index in [-0.39, 0.29) is 24.0 Å². The molecule has 0 aliphatic carbocycles. The molecule has 0 spiro atoms. The van der Waals surface area contributed by atoms with Gasteiger partial charge in [-0.05, 0) is 57.2 Å². The summed E-state index contributed by atoms with van der Waals surface area (Å²) in [4.78, 5) is 7.15. The molecule has 1 heterocycles. The second-order valence-corrected chi connectivity index (χ2v) is 6.83. The molecule has 0 saturated carbocycles. The van der Waals surface area contributed by atoms with Gasteiger partial charge in [-0.15, -0.1) is 24.0 Å². The highest BCUT2D eigenvalue weighted by Crippen LogP contribution is 2.23. The van der Waals surface area contributed by atoms with Gasteiger partial charge < -0.3 is 15.5 Å². The first-order chi connectivity index (χ1) is 11.1. The summed E-state index contributed by atoms with van der Waals surface area (Å²) in [5.41, 5.74) is 2.59. The van der Waals surface area contributed by atoms with E-state index < -0.39 is 0 Å². The number of anilines is 1. The smallest absolute Gasteiger partial charge is 0.191 e. The zero-order valence-corrected chi connectivity index (χ0v) is 17.8. The molecule has 4 nitrogen and oxygen atoms in total. The quantitative estimate of drug-likeness (QED) is 0.410. The first-order valence-corrected chi connectivity index (χ1v) is 8.97. The molecule has 0 amide bonds. The molecular formula is C19H33IN4. The summed E-state index contributed by atoms with van der Waals surface area (Å²) in [7, 11) is 0. The van der Waals surface area contributed by atoms with Crippen LogP contribution in [-0.2, 0) is 6.54 Å². The van der Waals surface area contributed by atoms with Crippen LogP contribution in [0.3, 0.4) is 0 Å². The van der Waals surface area contributed by atoms with E-state index in [1.165, 1.54) is 37.2 Å². The third-order valence-electron chi connectivity index (χ3n) is 4.27. The van der Waals surface area contributed by atoms with E-state index in [9.17, 15) is 0 Å². The van der Waals surface area contributed by atoms with Crippen molar-refractivity contribution in [3.63, 3.8) is 0 Å². The van der Waals surface area contributed by atoms with Crippen LogP contribution in [0, 0.1) is 5.92 Å². The van der Waals surface area contributed by atoms with Crippen molar-refractivity contribution in [1.82, 2.24) is 10.6 Å². The van der Waals surface area contributed by atoms with Crippen LogP contribution in [0.15, 0.2) is 29.3 Å². The van der Waals surface area contributed by atoms with Crippen LogP contribution in [-0.4, -0.2) is 31.6 Å². The molecule has 136 valence electrons. The molecule has 1 aliphatic rings. The second kappa shape index (κ2) is 10.8. The van der Waals surface area contributed by atoms with Gasteiger partial charge in [-0.25, -0.2) is 4.99 Å². The van der Waals surface area contributed by atoms with Crippen molar-refractivity contribution < 1.29 is 0 Å². The van der Waals surface area contributed by atoms with Gasteiger partial charge in [0.1, 0.15) is 0 Å². The SMILES string of the molecule is CCNC(=NCc1ccc(N2CCC(C)CC2)cc1)NC(C)C.I. The summed E-state index contributed by atoms with van der Waals surface area (Å²) in [5.74, 6) is 1.76. The Hall–Kier alpha value is -0.980. The van der Waals surface area contributed by atoms with Crippen LogP contribution in [0.4, 0.5) is 5.69 Å². The number of hydrogen-bond acceptors (Lipinski definition) is 2. The predicted octanol–water partition coefficient (Wildman–Crippen LogP) is 4.00. The van der Waals surface area contributed by atoms with Gasteiger partial charge in [0.05, 0.1) is 6.54 Å². The van der Waals surface area contributed by atoms with Crippen molar-refractivity contribution >= 4 is 35.6 Å². The maximum atomic E-state index is 4.66. The van der Waals surface area contributed by atoms with Crippen molar-refractivity contribution in [3.8, 4) is 0 Å². The van der Waals surface area contributed by atoms with Crippen molar-refractivity contribution in [2.24, 2.45) is 10.9 Å². The summed E-state index contributed by atoms with van der Waals surface area (Å²) in [6, 6.07) is 9.27. The Labute approximate surface area is 164 Å². The molecule has 2 N–H and O–H groups in total. The van der Waals surface area contributed by atoms with Crippen LogP contribution < -0.4 is 15.5 Å². The molecule has 1 fully saturated rings. The summed E-state index contributed by atoms with van der Waals surface area (Å²) in [6.07, 6.45) is 2.61. The molecule has 0 atom stereocenters. The number of aliphatic imine (C=N–C) groups is 1. The van der Waals surface area contributed by atoms with Crippen LogP contribution in [0.1, 0.15) is 46.1 Å².